The molecule has 8 nitrogen and oxygen atoms in total. The number of carbonyl (C=O) groups excluding carboxylic acids is 1. The third-order valence-electron chi connectivity index (χ3n) is 4.15. The lowest BCUT2D eigenvalue weighted by Crippen LogP contribution is -2.25. The number of anilines is 3. The summed E-state index contributed by atoms with van der Waals surface area (Å²) >= 11 is 0. The van der Waals surface area contributed by atoms with Crippen molar-refractivity contribution in [2.24, 2.45) is 0 Å². The van der Waals surface area contributed by atoms with Crippen molar-refractivity contribution in [3.63, 3.8) is 0 Å². The van der Waals surface area contributed by atoms with Crippen LogP contribution in [-0.4, -0.2) is 32.8 Å². The van der Waals surface area contributed by atoms with Crippen LogP contribution >= 0.6 is 0 Å². The van der Waals surface area contributed by atoms with Crippen LogP contribution in [0, 0.1) is 0 Å². The van der Waals surface area contributed by atoms with Gasteiger partial charge in [-0.2, -0.15) is 10.1 Å². The summed E-state index contributed by atoms with van der Waals surface area (Å²) in [5.41, 5.74) is 3.69. The minimum Gasteiger partial charge on any atom is -0.341 e. The van der Waals surface area contributed by atoms with Crippen LogP contribution in [0.1, 0.15) is 0 Å². The molecule has 0 saturated carbocycles. The molecule has 2 heterocycles. The van der Waals surface area contributed by atoms with Gasteiger partial charge in [-0.15, -0.1) is 0 Å². The summed E-state index contributed by atoms with van der Waals surface area (Å²) in [4.78, 5) is 19.7. The summed E-state index contributed by atoms with van der Waals surface area (Å²) in [6.45, 7) is 0. The Morgan fingerprint density at radius 3 is 2.69 bits per heavy atom. The van der Waals surface area contributed by atoms with Crippen LogP contribution in [0.25, 0.3) is 16.9 Å². The van der Waals surface area contributed by atoms with Gasteiger partial charge in [-0.3, -0.25) is 5.32 Å². The van der Waals surface area contributed by atoms with Crippen LogP contribution in [0.4, 0.5) is 22.2 Å². The van der Waals surface area contributed by atoms with Gasteiger partial charge in [0.25, 0.3) is 0 Å². The number of amides is 2. The number of carbonyl (C=O) groups is 1. The van der Waals surface area contributed by atoms with Gasteiger partial charge in [0.1, 0.15) is 5.82 Å². The van der Waals surface area contributed by atoms with E-state index in [9.17, 15) is 4.79 Å². The molecule has 4 aromatic rings. The highest BCUT2D eigenvalue weighted by Gasteiger charge is 2.07. The van der Waals surface area contributed by atoms with Gasteiger partial charge in [-0.25, -0.2) is 14.5 Å². The maximum absolute atomic E-state index is 11.4. The average Bonchev–Trinajstić information content (AvgIpc) is 3.25. The molecule has 4 rings (SSSR count). The zero-order valence-electron chi connectivity index (χ0n) is 15.7. The van der Waals surface area contributed by atoms with E-state index in [0.29, 0.717) is 5.82 Å². The van der Waals surface area contributed by atoms with E-state index in [-0.39, 0.29) is 12.0 Å². The van der Waals surface area contributed by atoms with Gasteiger partial charge < -0.3 is 10.6 Å². The van der Waals surface area contributed by atoms with Crippen LogP contribution in [0.5, 0.6) is 0 Å². The molecule has 0 spiro atoms. The molecular formula is C21H19N7O. The summed E-state index contributed by atoms with van der Waals surface area (Å²) in [6, 6.07) is 21.2. The second kappa shape index (κ2) is 8.22. The predicted molar refractivity (Wildman–Crippen MR) is 112 cm³/mol. The minimum atomic E-state index is -0.377. The molecule has 0 unspecified atom stereocenters. The van der Waals surface area contributed by atoms with Crippen molar-refractivity contribution in [1.82, 2.24) is 25.1 Å². The molecule has 0 aliphatic rings. The van der Waals surface area contributed by atoms with Crippen molar-refractivity contribution in [1.29, 1.82) is 0 Å². The Labute approximate surface area is 167 Å². The lowest BCUT2D eigenvalue weighted by atomic mass is 10.1. The van der Waals surface area contributed by atoms with E-state index in [0.717, 1.165) is 22.6 Å². The van der Waals surface area contributed by atoms with Crippen molar-refractivity contribution in [2.75, 3.05) is 17.7 Å². The maximum Gasteiger partial charge on any atom is 0.321 e. The Morgan fingerprint density at radius 1 is 1.00 bits per heavy atom. The highest BCUT2D eigenvalue weighted by molar-refractivity contribution is 5.87. The Kier molecular flexibility index (Phi) is 5.15. The van der Waals surface area contributed by atoms with Gasteiger partial charge in [-0.05, 0) is 36.4 Å². The Bertz CT molecular complexity index is 1120. The first-order chi connectivity index (χ1) is 14.2. The van der Waals surface area contributed by atoms with Crippen LogP contribution in [0.15, 0.2) is 79.1 Å². The topological polar surface area (TPSA) is 96.8 Å². The summed E-state index contributed by atoms with van der Waals surface area (Å²) in [7, 11) is 1.53. The molecule has 0 saturated heterocycles. The largest absolute Gasteiger partial charge is 0.341 e. The van der Waals surface area contributed by atoms with Gasteiger partial charge in [0, 0.05) is 30.7 Å². The van der Waals surface area contributed by atoms with Gasteiger partial charge in [-0.1, -0.05) is 30.3 Å². The number of benzene rings is 2. The number of hydrogen-bond acceptors (Lipinski definition) is 5. The van der Waals surface area contributed by atoms with E-state index in [1.165, 1.54) is 7.05 Å². The molecule has 0 aliphatic heterocycles. The van der Waals surface area contributed by atoms with Crippen LogP contribution in [0.2, 0.25) is 0 Å². The Balaban J connectivity index is 1.53. The van der Waals surface area contributed by atoms with Gasteiger partial charge in [0.05, 0.1) is 11.4 Å². The monoisotopic (exact) mass is 385 g/mol. The minimum absolute atomic E-state index is 0.215. The lowest BCUT2D eigenvalue weighted by molar-refractivity contribution is 0.254. The van der Waals surface area contributed by atoms with Crippen molar-refractivity contribution < 1.29 is 4.79 Å². The Hall–Kier alpha value is -4.20. The molecule has 0 atom stereocenters. The van der Waals surface area contributed by atoms with Crippen LogP contribution in [0.3, 0.4) is 0 Å². The summed E-state index contributed by atoms with van der Waals surface area (Å²) in [5, 5.41) is 12.9. The smallest absolute Gasteiger partial charge is 0.321 e. The maximum atomic E-state index is 11.4. The molecule has 0 fully saturated rings. The number of urea groups is 1. The summed E-state index contributed by atoms with van der Waals surface area (Å²) in [6.07, 6.45) is 3.51. The molecule has 29 heavy (non-hydrogen) atoms. The molecule has 0 aliphatic carbocycles. The molecule has 0 bridgehead atoms. The number of aromatic nitrogens is 4. The molecule has 3 N–H and O–H groups in total. The first-order valence-corrected chi connectivity index (χ1v) is 9.01. The molecule has 2 aromatic heterocycles. The van der Waals surface area contributed by atoms with Gasteiger partial charge in [0.2, 0.25) is 5.95 Å². The van der Waals surface area contributed by atoms with Crippen LogP contribution in [-0.2, 0) is 0 Å². The number of hydrogen-bond donors (Lipinski definition) is 3. The first-order valence-electron chi connectivity index (χ1n) is 9.01. The fraction of sp³-hybridized carbons (Fsp3) is 0.0476. The average molecular weight is 385 g/mol. The van der Waals surface area contributed by atoms with E-state index >= 15 is 0 Å². The second-order valence-electron chi connectivity index (χ2n) is 6.16. The standard InChI is InChI=1S/C21H19N7O/c1-22-21(29)26-20-23-12-10-19(25-20)24-16-7-5-6-15(14-16)18-11-13-28(27-18)17-8-3-2-4-9-17/h2-14H,1H3,(H3,22,23,24,25,26,29). The van der Waals surface area contributed by atoms with Crippen molar-refractivity contribution in [3.05, 3.63) is 79.1 Å². The lowest BCUT2D eigenvalue weighted by Gasteiger charge is -2.08. The van der Waals surface area contributed by atoms with E-state index in [2.05, 4.69) is 31.0 Å². The number of nitrogens with one attached hydrogen (secondary N) is 3. The normalized spacial score (nSPS) is 10.4. The number of para-hydroxylation sites is 1. The number of nitrogens with zero attached hydrogens (tertiary/aromatic N) is 4. The van der Waals surface area contributed by atoms with Crippen molar-refractivity contribution >= 4 is 23.5 Å². The van der Waals surface area contributed by atoms with E-state index in [1.54, 1.807) is 12.3 Å². The van der Waals surface area contributed by atoms with E-state index in [1.807, 2.05) is 71.5 Å². The fourth-order valence-corrected chi connectivity index (χ4v) is 2.76. The second-order valence-corrected chi connectivity index (χ2v) is 6.16. The molecule has 2 amide bonds. The van der Waals surface area contributed by atoms with Crippen LogP contribution < -0.4 is 16.0 Å². The predicted octanol–water partition coefficient (Wildman–Crippen LogP) is 3.82. The molecule has 2 aromatic carbocycles. The fourth-order valence-electron chi connectivity index (χ4n) is 2.76. The highest BCUT2D eigenvalue weighted by Crippen LogP contribution is 2.24. The number of rotatable bonds is 5. The van der Waals surface area contributed by atoms with Crippen molar-refractivity contribution in [3.8, 4) is 16.9 Å². The third-order valence-corrected chi connectivity index (χ3v) is 4.15. The van der Waals surface area contributed by atoms with E-state index < -0.39 is 0 Å². The third kappa shape index (κ3) is 4.38. The van der Waals surface area contributed by atoms with E-state index in [4.69, 9.17) is 0 Å². The van der Waals surface area contributed by atoms with Gasteiger partial charge in [0.15, 0.2) is 0 Å². The van der Waals surface area contributed by atoms with Crippen molar-refractivity contribution in [2.45, 2.75) is 0 Å². The molecule has 0 radical (unpaired) electrons. The SMILES string of the molecule is CNC(=O)Nc1nccc(Nc2cccc(-c3ccn(-c4ccccc4)n3)c2)n1. The Morgan fingerprint density at radius 2 is 1.86 bits per heavy atom. The van der Waals surface area contributed by atoms with Gasteiger partial charge >= 0.3 is 6.03 Å². The molecule has 144 valence electrons. The zero-order chi connectivity index (χ0) is 20.1. The quantitative estimate of drug-likeness (QED) is 0.485. The molecule has 8 heteroatoms. The highest BCUT2D eigenvalue weighted by atomic mass is 16.2. The summed E-state index contributed by atoms with van der Waals surface area (Å²) in [5.74, 6) is 0.783. The summed E-state index contributed by atoms with van der Waals surface area (Å²) < 4.78 is 1.84. The zero-order valence-corrected chi connectivity index (χ0v) is 15.7. The first kappa shape index (κ1) is 18.2. The molecular weight excluding hydrogens is 366 g/mol.